The molecular weight excluding hydrogens is 504 g/mol. The summed E-state index contributed by atoms with van der Waals surface area (Å²) in [5.41, 5.74) is 8.33. The Hall–Kier alpha value is -4.34. The van der Waals surface area contributed by atoms with Gasteiger partial charge < -0.3 is 15.6 Å². The summed E-state index contributed by atoms with van der Waals surface area (Å²) < 4.78 is 0. The minimum atomic E-state index is 0.673. The fourth-order valence-electron chi connectivity index (χ4n) is 5.42. The van der Waals surface area contributed by atoms with Crippen molar-refractivity contribution in [2.45, 2.75) is 19.3 Å². The monoisotopic (exact) mass is 532 g/mol. The summed E-state index contributed by atoms with van der Waals surface area (Å²) in [7, 11) is 0. The molecular formula is C30H28N8S. The highest BCUT2D eigenvalue weighted by Gasteiger charge is 2.17. The van der Waals surface area contributed by atoms with Crippen molar-refractivity contribution in [3.05, 3.63) is 78.8 Å². The molecule has 7 heterocycles. The van der Waals surface area contributed by atoms with E-state index in [1.807, 2.05) is 24.8 Å². The number of pyridine rings is 3. The number of anilines is 1. The standard InChI is InChI=1S/C30H28N8S/c1-18(11-19-4-7-31-8-5-19)35-21-12-20(15-32-16-21)25-14-24-27(17-34-25)37-38-29(24)26-13-23-22(28-3-2-10-39-28)6-9-33-30(23)36-26/h2-3,6,9-10,12-17,19,31,35H,1,4-5,7-8,11H2,(H,33,36)(H,37,38). The molecule has 0 atom stereocenters. The van der Waals surface area contributed by atoms with Gasteiger partial charge in [-0.1, -0.05) is 12.6 Å². The summed E-state index contributed by atoms with van der Waals surface area (Å²) in [4.78, 5) is 18.4. The quantitative estimate of drug-likeness (QED) is 0.184. The number of aromatic nitrogens is 6. The molecule has 0 aliphatic carbocycles. The van der Waals surface area contributed by atoms with Crippen LogP contribution in [0.1, 0.15) is 19.3 Å². The first-order valence-electron chi connectivity index (χ1n) is 13.2. The molecule has 1 aliphatic rings. The molecule has 6 aromatic rings. The normalized spacial score (nSPS) is 14.3. The number of hydrogen-bond acceptors (Lipinski definition) is 7. The Bertz CT molecular complexity index is 1780. The topological polar surface area (TPSA) is 107 Å². The van der Waals surface area contributed by atoms with Crippen LogP contribution in [-0.4, -0.2) is 43.2 Å². The number of fused-ring (bicyclic) bond motifs is 2. The lowest BCUT2D eigenvalue weighted by atomic mass is 9.93. The summed E-state index contributed by atoms with van der Waals surface area (Å²) in [5.74, 6) is 0.673. The van der Waals surface area contributed by atoms with Crippen molar-refractivity contribution in [2.24, 2.45) is 5.92 Å². The molecule has 4 N–H and O–H groups in total. The lowest BCUT2D eigenvalue weighted by molar-refractivity contribution is 0.373. The van der Waals surface area contributed by atoms with Crippen LogP contribution in [-0.2, 0) is 0 Å². The fourth-order valence-corrected chi connectivity index (χ4v) is 6.18. The van der Waals surface area contributed by atoms with E-state index in [0.717, 1.165) is 81.0 Å². The number of allylic oxidation sites excluding steroid dienone is 1. The highest BCUT2D eigenvalue weighted by molar-refractivity contribution is 7.13. The fraction of sp³-hybridized carbons (Fsp3) is 0.200. The van der Waals surface area contributed by atoms with E-state index in [2.05, 4.69) is 84.1 Å². The Kier molecular flexibility index (Phi) is 6.14. The second-order valence-electron chi connectivity index (χ2n) is 10.1. The van der Waals surface area contributed by atoms with Crippen LogP contribution >= 0.6 is 11.3 Å². The molecule has 0 aromatic carbocycles. The SMILES string of the molecule is C=C(CC1CCNCC1)Nc1cncc(-c2cc3c(-c4cc5c(-c6cccs6)ccnc5[nH]4)n[nH]c3cn2)c1. The van der Waals surface area contributed by atoms with Crippen LogP contribution in [0.5, 0.6) is 0 Å². The van der Waals surface area contributed by atoms with Crippen LogP contribution in [0.15, 0.2) is 78.8 Å². The summed E-state index contributed by atoms with van der Waals surface area (Å²) in [6, 6.07) is 12.5. The van der Waals surface area contributed by atoms with Gasteiger partial charge in [-0.2, -0.15) is 5.10 Å². The number of piperidine rings is 1. The molecule has 39 heavy (non-hydrogen) atoms. The predicted octanol–water partition coefficient (Wildman–Crippen LogP) is 6.61. The largest absolute Gasteiger partial charge is 0.358 e. The molecule has 0 bridgehead atoms. The Morgan fingerprint density at radius 1 is 1.05 bits per heavy atom. The van der Waals surface area contributed by atoms with Gasteiger partial charge in [-0.3, -0.25) is 15.1 Å². The average Bonchev–Trinajstić information content (AvgIpc) is 3.73. The van der Waals surface area contributed by atoms with Crippen LogP contribution in [0.25, 0.3) is 55.0 Å². The van der Waals surface area contributed by atoms with Gasteiger partial charge in [0.2, 0.25) is 0 Å². The van der Waals surface area contributed by atoms with Crippen molar-refractivity contribution in [2.75, 3.05) is 18.4 Å². The lowest BCUT2D eigenvalue weighted by Crippen LogP contribution is -2.28. The number of rotatable bonds is 7. The Morgan fingerprint density at radius 3 is 2.85 bits per heavy atom. The van der Waals surface area contributed by atoms with Gasteiger partial charge in [-0.25, -0.2) is 4.98 Å². The lowest BCUT2D eigenvalue weighted by Gasteiger charge is -2.23. The molecule has 1 saturated heterocycles. The minimum Gasteiger partial charge on any atom is -0.358 e. The first-order valence-corrected chi connectivity index (χ1v) is 14.1. The van der Waals surface area contributed by atoms with E-state index < -0.39 is 0 Å². The smallest absolute Gasteiger partial charge is 0.138 e. The predicted molar refractivity (Wildman–Crippen MR) is 158 cm³/mol. The van der Waals surface area contributed by atoms with E-state index in [1.54, 1.807) is 11.3 Å². The minimum absolute atomic E-state index is 0.673. The van der Waals surface area contributed by atoms with Gasteiger partial charge >= 0.3 is 0 Å². The van der Waals surface area contributed by atoms with Crippen LogP contribution in [0, 0.1) is 5.92 Å². The molecule has 1 aliphatic heterocycles. The molecule has 9 heteroatoms. The number of thiophene rings is 1. The molecule has 0 radical (unpaired) electrons. The molecule has 194 valence electrons. The van der Waals surface area contributed by atoms with Crippen molar-refractivity contribution in [3.63, 3.8) is 0 Å². The van der Waals surface area contributed by atoms with Crippen LogP contribution < -0.4 is 10.6 Å². The Morgan fingerprint density at radius 2 is 1.97 bits per heavy atom. The number of hydrogen-bond donors (Lipinski definition) is 4. The third-order valence-corrected chi connectivity index (χ3v) is 8.27. The van der Waals surface area contributed by atoms with Gasteiger partial charge in [0.1, 0.15) is 11.3 Å². The van der Waals surface area contributed by atoms with E-state index in [1.165, 1.54) is 17.7 Å². The maximum atomic E-state index is 4.70. The Labute approximate surface area is 229 Å². The number of nitrogens with zero attached hydrogens (tertiary/aromatic N) is 4. The summed E-state index contributed by atoms with van der Waals surface area (Å²) in [6.45, 7) is 6.45. The van der Waals surface area contributed by atoms with Gasteiger partial charge in [-0.15, -0.1) is 11.3 Å². The van der Waals surface area contributed by atoms with Crippen molar-refractivity contribution < 1.29 is 0 Å². The zero-order valence-electron chi connectivity index (χ0n) is 21.4. The van der Waals surface area contributed by atoms with Crippen LogP contribution in [0.3, 0.4) is 0 Å². The van der Waals surface area contributed by atoms with Gasteiger partial charge in [0.05, 0.1) is 35.0 Å². The highest BCUT2D eigenvalue weighted by Crippen LogP contribution is 2.35. The van der Waals surface area contributed by atoms with Gasteiger partial charge in [0.25, 0.3) is 0 Å². The third kappa shape index (κ3) is 4.71. The highest BCUT2D eigenvalue weighted by atomic mass is 32.1. The van der Waals surface area contributed by atoms with E-state index in [4.69, 9.17) is 4.98 Å². The molecule has 1 fully saturated rings. The molecule has 0 spiro atoms. The van der Waals surface area contributed by atoms with Crippen LogP contribution in [0.4, 0.5) is 5.69 Å². The first kappa shape index (κ1) is 23.8. The number of aromatic amines is 2. The summed E-state index contributed by atoms with van der Waals surface area (Å²) in [5, 5.41) is 18.8. The molecule has 6 aromatic heterocycles. The molecule has 0 amide bonds. The first-order chi connectivity index (χ1) is 19.2. The van der Waals surface area contributed by atoms with E-state index in [9.17, 15) is 0 Å². The second kappa shape index (κ2) is 10.1. The molecule has 0 saturated carbocycles. The zero-order valence-corrected chi connectivity index (χ0v) is 22.2. The van der Waals surface area contributed by atoms with Crippen molar-refractivity contribution in [3.8, 4) is 33.1 Å². The number of H-pyrrole nitrogens is 2. The second-order valence-corrected chi connectivity index (χ2v) is 11.0. The average molecular weight is 533 g/mol. The van der Waals surface area contributed by atoms with E-state index in [0.29, 0.717) is 5.92 Å². The van der Waals surface area contributed by atoms with Crippen molar-refractivity contribution >= 4 is 39.0 Å². The van der Waals surface area contributed by atoms with Crippen LogP contribution in [0.2, 0.25) is 0 Å². The maximum Gasteiger partial charge on any atom is 0.138 e. The van der Waals surface area contributed by atoms with Gasteiger partial charge in [-0.05, 0) is 74.0 Å². The molecule has 8 nitrogen and oxygen atoms in total. The Balaban J connectivity index is 1.19. The van der Waals surface area contributed by atoms with Gasteiger partial charge in [0.15, 0.2) is 0 Å². The van der Waals surface area contributed by atoms with Crippen molar-refractivity contribution in [1.82, 2.24) is 35.5 Å². The van der Waals surface area contributed by atoms with Gasteiger partial charge in [0, 0.05) is 44.9 Å². The number of nitrogens with one attached hydrogen (secondary N) is 4. The third-order valence-electron chi connectivity index (χ3n) is 7.37. The molecule has 7 rings (SSSR count). The summed E-state index contributed by atoms with van der Waals surface area (Å²) >= 11 is 1.72. The summed E-state index contributed by atoms with van der Waals surface area (Å²) in [6.07, 6.45) is 10.7. The zero-order chi connectivity index (χ0) is 26.2. The van der Waals surface area contributed by atoms with Crippen molar-refractivity contribution in [1.29, 1.82) is 0 Å². The maximum absolute atomic E-state index is 4.70. The molecule has 0 unspecified atom stereocenters. The van der Waals surface area contributed by atoms with E-state index in [-0.39, 0.29) is 0 Å². The van der Waals surface area contributed by atoms with E-state index >= 15 is 0 Å².